The van der Waals surface area contributed by atoms with Gasteiger partial charge in [0.25, 0.3) is 0 Å². The third-order valence-electron chi connectivity index (χ3n) is 3.12. The molecule has 0 aliphatic rings. The minimum atomic E-state index is -0.537. The minimum absolute atomic E-state index is 0. The van der Waals surface area contributed by atoms with Gasteiger partial charge in [-0.05, 0) is 38.0 Å². The van der Waals surface area contributed by atoms with Crippen LogP contribution in [0.5, 0.6) is 0 Å². The number of rotatable bonds is 6. The fraction of sp³-hybridized carbons (Fsp3) is 0.467. The van der Waals surface area contributed by atoms with Crippen molar-refractivity contribution in [2.75, 3.05) is 5.73 Å². The number of nitrogens with one attached hydrogen (secondary N) is 2. The number of carbonyl (C=O) groups is 2. The lowest BCUT2D eigenvalue weighted by Gasteiger charge is -2.17. The molecule has 0 aliphatic carbocycles. The third-order valence-corrected chi connectivity index (χ3v) is 3.12. The van der Waals surface area contributed by atoms with E-state index < -0.39 is 6.04 Å². The van der Waals surface area contributed by atoms with Crippen LogP contribution in [0.3, 0.4) is 0 Å². The van der Waals surface area contributed by atoms with Crippen LogP contribution >= 0.6 is 12.4 Å². The van der Waals surface area contributed by atoms with E-state index >= 15 is 0 Å². The lowest BCUT2D eigenvalue weighted by molar-refractivity contribution is -0.128. The molecule has 118 valence electrons. The Labute approximate surface area is 132 Å². The van der Waals surface area contributed by atoms with Crippen LogP contribution in [0.2, 0.25) is 0 Å². The van der Waals surface area contributed by atoms with Crippen LogP contribution < -0.4 is 16.4 Å². The van der Waals surface area contributed by atoms with Crippen molar-refractivity contribution >= 4 is 29.9 Å². The summed E-state index contributed by atoms with van der Waals surface area (Å²) in [6.45, 7) is 5.61. The Bertz CT molecular complexity index is 462. The first-order valence-corrected chi connectivity index (χ1v) is 6.86. The maximum absolute atomic E-state index is 11.8. The summed E-state index contributed by atoms with van der Waals surface area (Å²) in [5.41, 5.74) is 7.11. The van der Waals surface area contributed by atoms with E-state index in [1.807, 2.05) is 13.8 Å². The molecule has 0 saturated heterocycles. The van der Waals surface area contributed by atoms with Crippen LogP contribution in [0.4, 0.5) is 5.69 Å². The van der Waals surface area contributed by atoms with Gasteiger partial charge in [-0.25, -0.2) is 0 Å². The van der Waals surface area contributed by atoms with Gasteiger partial charge in [0.2, 0.25) is 11.8 Å². The molecule has 2 atom stereocenters. The Morgan fingerprint density at radius 1 is 1.14 bits per heavy atom. The number of nitrogens with two attached hydrogens (primary N) is 1. The van der Waals surface area contributed by atoms with Gasteiger partial charge >= 0.3 is 0 Å². The highest BCUT2D eigenvalue weighted by molar-refractivity contribution is 5.88. The molecule has 2 amide bonds. The average molecular weight is 314 g/mol. The number of halogens is 1. The van der Waals surface area contributed by atoms with Crippen molar-refractivity contribution in [1.29, 1.82) is 0 Å². The smallest absolute Gasteiger partial charge is 0.242 e. The molecule has 5 nitrogen and oxygen atoms in total. The Kier molecular flexibility index (Phi) is 8.47. The van der Waals surface area contributed by atoms with Crippen molar-refractivity contribution in [2.45, 2.75) is 45.7 Å². The Morgan fingerprint density at radius 2 is 1.71 bits per heavy atom. The van der Waals surface area contributed by atoms with E-state index in [0.29, 0.717) is 5.69 Å². The first-order valence-electron chi connectivity index (χ1n) is 6.86. The monoisotopic (exact) mass is 313 g/mol. The standard InChI is InChI=1S/C15H23N3O2.ClH/c1-4-10(2)17-15(20)11(3)18-14(19)9-12-5-7-13(16)8-6-12;/h5-8,10-11H,4,9,16H2,1-3H3,(H,17,20)(H,18,19);1H. The molecule has 0 fully saturated rings. The molecule has 0 aromatic heterocycles. The summed E-state index contributed by atoms with van der Waals surface area (Å²) < 4.78 is 0. The molecule has 0 bridgehead atoms. The van der Waals surface area contributed by atoms with E-state index in [9.17, 15) is 9.59 Å². The largest absolute Gasteiger partial charge is 0.399 e. The predicted octanol–water partition coefficient (Wildman–Crippen LogP) is 1.65. The van der Waals surface area contributed by atoms with Crippen LogP contribution in [0.1, 0.15) is 32.8 Å². The van der Waals surface area contributed by atoms with E-state index in [1.165, 1.54) is 0 Å². The van der Waals surface area contributed by atoms with E-state index in [-0.39, 0.29) is 36.7 Å². The first-order chi connectivity index (χ1) is 9.42. The summed E-state index contributed by atoms with van der Waals surface area (Å²) in [5.74, 6) is -0.341. The third kappa shape index (κ3) is 6.99. The summed E-state index contributed by atoms with van der Waals surface area (Å²) in [7, 11) is 0. The van der Waals surface area contributed by atoms with Crippen molar-refractivity contribution in [2.24, 2.45) is 0 Å². The topological polar surface area (TPSA) is 84.2 Å². The molecule has 6 heteroatoms. The van der Waals surface area contributed by atoms with Crippen molar-refractivity contribution < 1.29 is 9.59 Å². The number of anilines is 1. The van der Waals surface area contributed by atoms with Crippen molar-refractivity contribution in [3.05, 3.63) is 29.8 Å². The van der Waals surface area contributed by atoms with Crippen molar-refractivity contribution in [1.82, 2.24) is 10.6 Å². The minimum Gasteiger partial charge on any atom is -0.399 e. The maximum Gasteiger partial charge on any atom is 0.242 e. The van der Waals surface area contributed by atoms with E-state index in [0.717, 1.165) is 12.0 Å². The number of nitrogen functional groups attached to an aromatic ring is 1. The van der Waals surface area contributed by atoms with Crippen LogP contribution in [0.15, 0.2) is 24.3 Å². The Balaban J connectivity index is 0.00000400. The van der Waals surface area contributed by atoms with Crippen LogP contribution in [0, 0.1) is 0 Å². The quantitative estimate of drug-likeness (QED) is 0.698. The van der Waals surface area contributed by atoms with Gasteiger partial charge in [0, 0.05) is 11.7 Å². The van der Waals surface area contributed by atoms with Crippen LogP contribution in [-0.4, -0.2) is 23.9 Å². The molecule has 1 aromatic carbocycles. The van der Waals surface area contributed by atoms with Gasteiger partial charge in [-0.1, -0.05) is 19.1 Å². The van der Waals surface area contributed by atoms with Gasteiger partial charge in [-0.3, -0.25) is 9.59 Å². The highest BCUT2D eigenvalue weighted by Gasteiger charge is 2.16. The summed E-state index contributed by atoms with van der Waals surface area (Å²) in [6, 6.07) is 6.69. The zero-order valence-corrected chi connectivity index (χ0v) is 13.5. The normalized spacial score (nSPS) is 12.7. The molecule has 21 heavy (non-hydrogen) atoms. The highest BCUT2D eigenvalue weighted by atomic mass is 35.5. The predicted molar refractivity (Wildman–Crippen MR) is 87.3 cm³/mol. The second-order valence-electron chi connectivity index (χ2n) is 5.03. The number of carbonyl (C=O) groups excluding carboxylic acids is 2. The molecule has 0 saturated carbocycles. The molecule has 0 radical (unpaired) electrons. The van der Waals surface area contributed by atoms with Crippen LogP contribution in [0.25, 0.3) is 0 Å². The molecule has 1 rings (SSSR count). The second-order valence-corrected chi connectivity index (χ2v) is 5.03. The zero-order valence-electron chi connectivity index (χ0n) is 12.7. The molecular formula is C15H24ClN3O2. The highest BCUT2D eigenvalue weighted by Crippen LogP contribution is 2.06. The number of hydrogen-bond donors (Lipinski definition) is 3. The molecule has 0 aliphatic heterocycles. The lowest BCUT2D eigenvalue weighted by Crippen LogP contribution is -2.47. The fourth-order valence-electron chi connectivity index (χ4n) is 1.65. The Hall–Kier alpha value is -1.75. The summed E-state index contributed by atoms with van der Waals surface area (Å²) in [5, 5.41) is 5.53. The van der Waals surface area contributed by atoms with Gasteiger partial charge in [-0.15, -0.1) is 12.4 Å². The van der Waals surface area contributed by atoms with Gasteiger partial charge < -0.3 is 16.4 Å². The molecule has 2 unspecified atom stereocenters. The summed E-state index contributed by atoms with van der Waals surface area (Å²) >= 11 is 0. The van der Waals surface area contributed by atoms with Gasteiger partial charge in [0.1, 0.15) is 6.04 Å². The Morgan fingerprint density at radius 3 is 2.24 bits per heavy atom. The fourth-order valence-corrected chi connectivity index (χ4v) is 1.65. The molecule has 1 aromatic rings. The number of amides is 2. The van der Waals surface area contributed by atoms with E-state index in [1.54, 1.807) is 31.2 Å². The average Bonchev–Trinajstić information content (AvgIpc) is 2.41. The lowest BCUT2D eigenvalue weighted by atomic mass is 10.1. The van der Waals surface area contributed by atoms with E-state index in [2.05, 4.69) is 10.6 Å². The molecule has 4 N–H and O–H groups in total. The van der Waals surface area contributed by atoms with Crippen LogP contribution in [-0.2, 0) is 16.0 Å². The number of benzene rings is 1. The SMILES string of the molecule is CCC(C)NC(=O)C(C)NC(=O)Cc1ccc(N)cc1.Cl. The second kappa shape index (κ2) is 9.23. The molecular weight excluding hydrogens is 290 g/mol. The number of hydrogen-bond acceptors (Lipinski definition) is 3. The maximum atomic E-state index is 11.8. The summed E-state index contributed by atoms with van der Waals surface area (Å²) in [6.07, 6.45) is 1.10. The zero-order chi connectivity index (χ0) is 15.1. The molecule has 0 spiro atoms. The first kappa shape index (κ1) is 19.2. The van der Waals surface area contributed by atoms with Gasteiger partial charge in [0.05, 0.1) is 6.42 Å². The van der Waals surface area contributed by atoms with Crippen molar-refractivity contribution in [3.8, 4) is 0 Å². The van der Waals surface area contributed by atoms with E-state index in [4.69, 9.17) is 5.73 Å². The van der Waals surface area contributed by atoms with Gasteiger partial charge in [0.15, 0.2) is 0 Å². The van der Waals surface area contributed by atoms with Crippen molar-refractivity contribution in [3.63, 3.8) is 0 Å². The summed E-state index contributed by atoms with van der Waals surface area (Å²) in [4.78, 5) is 23.6. The molecule has 0 heterocycles. The van der Waals surface area contributed by atoms with Gasteiger partial charge in [-0.2, -0.15) is 0 Å².